The molecule has 0 aliphatic heterocycles. The molecule has 3 rings (SSSR count). The van der Waals surface area contributed by atoms with Gasteiger partial charge in [0.25, 0.3) is 0 Å². The maximum atomic E-state index is 9.41. The van der Waals surface area contributed by atoms with Crippen molar-refractivity contribution in [2.45, 2.75) is 0 Å². The molecule has 17 heavy (non-hydrogen) atoms. The van der Waals surface area contributed by atoms with Gasteiger partial charge in [-0.25, -0.2) is 4.98 Å². The van der Waals surface area contributed by atoms with Crippen molar-refractivity contribution in [2.24, 2.45) is 0 Å². The number of halogens is 1. The van der Waals surface area contributed by atoms with Crippen LogP contribution in [0.15, 0.2) is 42.5 Å². The average Bonchev–Trinajstić information content (AvgIpc) is 2.72. The molecule has 0 radical (unpaired) electrons. The molecule has 0 amide bonds. The van der Waals surface area contributed by atoms with Crippen molar-refractivity contribution < 1.29 is 5.11 Å². The number of phenolic OH excluding ortho intramolecular Hbond substituents is 1. The summed E-state index contributed by atoms with van der Waals surface area (Å²) in [5, 5.41) is 9.41. The molecule has 0 aliphatic rings. The Hall–Kier alpha value is -1.56. The van der Waals surface area contributed by atoms with Gasteiger partial charge in [-0.05, 0) is 46.9 Å². The summed E-state index contributed by atoms with van der Waals surface area (Å²) in [7, 11) is 0. The number of aromatic hydroxyl groups is 1. The number of rotatable bonds is 1. The van der Waals surface area contributed by atoms with Crippen molar-refractivity contribution in [3.05, 3.63) is 46.0 Å². The summed E-state index contributed by atoms with van der Waals surface area (Å²) in [6.45, 7) is 0. The summed E-state index contributed by atoms with van der Waals surface area (Å²) in [5.41, 5.74) is 2.75. The Morgan fingerprint density at radius 2 is 2.00 bits per heavy atom. The number of benzene rings is 2. The number of H-pyrrole nitrogens is 1. The number of nitrogens with one attached hydrogen (secondary N) is 1. The maximum absolute atomic E-state index is 9.41. The Kier molecular flexibility index (Phi) is 2.51. The second-order valence-electron chi connectivity index (χ2n) is 3.80. The lowest BCUT2D eigenvalue weighted by molar-refractivity contribution is 0.476. The molecule has 0 fully saturated rings. The molecular formula is C13H9IN2O. The number of phenols is 1. The van der Waals surface area contributed by atoms with E-state index < -0.39 is 0 Å². The molecule has 3 nitrogen and oxygen atoms in total. The van der Waals surface area contributed by atoms with E-state index in [9.17, 15) is 5.11 Å². The molecule has 1 aromatic heterocycles. The quantitative estimate of drug-likeness (QED) is 0.668. The van der Waals surface area contributed by atoms with Crippen molar-refractivity contribution in [3.8, 4) is 17.1 Å². The Morgan fingerprint density at radius 3 is 2.82 bits per heavy atom. The van der Waals surface area contributed by atoms with Gasteiger partial charge < -0.3 is 10.1 Å². The first-order valence-corrected chi connectivity index (χ1v) is 6.25. The van der Waals surface area contributed by atoms with E-state index >= 15 is 0 Å². The van der Waals surface area contributed by atoms with E-state index in [1.165, 1.54) is 3.57 Å². The van der Waals surface area contributed by atoms with Crippen LogP contribution in [0.2, 0.25) is 0 Å². The number of imidazole rings is 1. The van der Waals surface area contributed by atoms with Crippen LogP contribution in [0.3, 0.4) is 0 Å². The third-order valence-corrected chi connectivity index (χ3v) is 3.23. The monoisotopic (exact) mass is 336 g/mol. The molecule has 3 aromatic rings. The second-order valence-corrected chi connectivity index (χ2v) is 5.04. The van der Waals surface area contributed by atoms with Crippen LogP contribution in [-0.4, -0.2) is 15.1 Å². The lowest BCUT2D eigenvalue weighted by atomic mass is 10.2. The highest BCUT2D eigenvalue weighted by molar-refractivity contribution is 14.1. The van der Waals surface area contributed by atoms with Crippen LogP contribution >= 0.6 is 22.6 Å². The van der Waals surface area contributed by atoms with E-state index in [1.807, 2.05) is 18.2 Å². The zero-order valence-corrected chi connectivity index (χ0v) is 11.0. The minimum absolute atomic E-state index is 0.246. The lowest BCUT2D eigenvalue weighted by Gasteiger charge is -1.96. The Morgan fingerprint density at radius 1 is 1.12 bits per heavy atom. The molecule has 84 valence electrons. The van der Waals surface area contributed by atoms with Gasteiger partial charge in [0.15, 0.2) is 0 Å². The van der Waals surface area contributed by atoms with E-state index in [0.717, 1.165) is 22.4 Å². The van der Waals surface area contributed by atoms with Crippen molar-refractivity contribution in [1.29, 1.82) is 0 Å². The third-order valence-electron chi connectivity index (χ3n) is 2.56. The molecule has 0 spiro atoms. The number of aromatic nitrogens is 2. The molecule has 2 N–H and O–H groups in total. The van der Waals surface area contributed by atoms with Gasteiger partial charge in [0, 0.05) is 15.2 Å². The number of hydrogen-bond donors (Lipinski definition) is 2. The summed E-state index contributed by atoms with van der Waals surface area (Å²) in [4.78, 5) is 7.70. The van der Waals surface area contributed by atoms with Gasteiger partial charge >= 0.3 is 0 Å². The summed E-state index contributed by atoms with van der Waals surface area (Å²) in [6, 6.07) is 13.2. The zero-order chi connectivity index (χ0) is 11.8. The minimum Gasteiger partial charge on any atom is -0.508 e. The average molecular weight is 336 g/mol. The highest BCUT2D eigenvalue weighted by atomic mass is 127. The van der Waals surface area contributed by atoms with Gasteiger partial charge in [-0.15, -0.1) is 0 Å². The fourth-order valence-electron chi connectivity index (χ4n) is 1.77. The van der Waals surface area contributed by atoms with Gasteiger partial charge in [0.1, 0.15) is 11.6 Å². The molecule has 0 unspecified atom stereocenters. The molecule has 0 saturated heterocycles. The van der Waals surface area contributed by atoms with Gasteiger partial charge in [0.2, 0.25) is 0 Å². The van der Waals surface area contributed by atoms with E-state index in [2.05, 4.69) is 38.6 Å². The van der Waals surface area contributed by atoms with Gasteiger partial charge in [-0.3, -0.25) is 0 Å². The van der Waals surface area contributed by atoms with Crippen LogP contribution in [0.5, 0.6) is 5.75 Å². The number of hydrogen-bond acceptors (Lipinski definition) is 2. The van der Waals surface area contributed by atoms with Crippen LogP contribution < -0.4 is 0 Å². The van der Waals surface area contributed by atoms with E-state index in [1.54, 1.807) is 18.2 Å². The van der Waals surface area contributed by atoms with Crippen molar-refractivity contribution in [3.63, 3.8) is 0 Å². The highest BCUT2D eigenvalue weighted by Gasteiger charge is 2.05. The Labute approximate surface area is 112 Å². The van der Waals surface area contributed by atoms with Crippen LogP contribution in [-0.2, 0) is 0 Å². The molecule has 0 aliphatic carbocycles. The summed E-state index contributed by atoms with van der Waals surface area (Å²) < 4.78 is 1.17. The molecule has 0 atom stereocenters. The number of aromatic amines is 1. The standard InChI is InChI=1S/C13H9IN2O/c14-9-3-1-2-8(6-9)13-15-11-5-4-10(17)7-12(11)16-13/h1-7,17H,(H,15,16). The lowest BCUT2D eigenvalue weighted by Crippen LogP contribution is -1.80. The van der Waals surface area contributed by atoms with E-state index in [0.29, 0.717) is 0 Å². The molecular weight excluding hydrogens is 327 g/mol. The summed E-state index contributed by atoms with van der Waals surface area (Å²) in [5.74, 6) is 1.07. The minimum atomic E-state index is 0.246. The first-order chi connectivity index (χ1) is 8.22. The molecule has 2 aromatic carbocycles. The number of nitrogens with zero attached hydrogens (tertiary/aromatic N) is 1. The van der Waals surface area contributed by atoms with E-state index in [-0.39, 0.29) is 5.75 Å². The highest BCUT2D eigenvalue weighted by Crippen LogP contribution is 2.24. The van der Waals surface area contributed by atoms with Crippen LogP contribution in [0, 0.1) is 3.57 Å². The predicted octanol–water partition coefficient (Wildman–Crippen LogP) is 3.54. The SMILES string of the molecule is Oc1ccc2nc(-c3cccc(I)c3)[nH]c2c1. The summed E-state index contributed by atoms with van der Waals surface area (Å²) in [6.07, 6.45) is 0. The molecule has 0 saturated carbocycles. The van der Waals surface area contributed by atoms with Crippen molar-refractivity contribution in [1.82, 2.24) is 9.97 Å². The Bertz CT molecular complexity index is 691. The molecule has 0 bridgehead atoms. The predicted molar refractivity (Wildman–Crippen MR) is 75.9 cm³/mol. The third kappa shape index (κ3) is 2.00. The van der Waals surface area contributed by atoms with Crippen LogP contribution in [0.25, 0.3) is 22.4 Å². The number of fused-ring (bicyclic) bond motifs is 1. The van der Waals surface area contributed by atoms with Crippen LogP contribution in [0.1, 0.15) is 0 Å². The fraction of sp³-hybridized carbons (Fsp3) is 0. The smallest absolute Gasteiger partial charge is 0.138 e. The molecule has 4 heteroatoms. The normalized spacial score (nSPS) is 10.9. The fourth-order valence-corrected chi connectivity index (χ4v) is 2.31. The summed E-state index contributed by atoms with van der Waals surface area (Å²) >= 11 is 2.27. The van der Waals surface area contributed by atoms with Crippen LogP contribution in [0.4, 0.5) is 0 Å². The van der Waals surface area contributed by atoms with Crippen molar-refractivity contribution >= 4 is 33.6 Å². The second kappa shape index (κ2) is 4.03. The topological polar surface area (TPSA) is 48.9 Å². The largest absolute Gasteiger partial charge is 0.508 e. The van der Waals surface area contributed by atoms with Gasteiger partial charge in [0.05, 0.1) is 11.0 Å². The first kappa shape index (κ1) is 10.6. The molecule has 1 heterocycles. The van der Waals surface area contributed by atoms with E-state index in [4.69, 9.17) is 0 Å². The van der Waals surface area contributed by atoms with Gasteiger partial charge in [-0.1, -0.05) is 12.1 Å². The Balaban J connectivity index is 2.18. The van der Waals surface area contributed by atoms with Crippen molar-refractivity contribution in [2.75, 3.05) is 0 Å². The van der Waals surface area contributed by atoms with Gasteiger partial charge in [-0.2, -0.15) is 0 Å². The first-order valence-electron chi connectivity index (χ1n) is 5.17. The maximum Gasteiger partial charge on any atom is 0.138 e. The zero-order valence-electron chi connectivity index (χ0n) is 8.81.